The molecule has 3 aromatic rings. The number of nitrogens with one attached hydrogen (secondary N) is 1. The number of nitrogens with zero attached hydrogens (tertiary/aromatic N) is 3. The van der Waals surface area contributed by atoms with E-state index in [2.05, 4.69) is 19.9 Å². The highest BCUT2D eigenvalue weighted by atomic mass is 32.2. The molecule has 1 aromatic carbocycles. The zero-order chi connectivity index (χ0) is 15.0. The van der Waals surface area contributed by atoms with Crippen molar-refractivity contribution in [1.82, 2.24) is 19.9 Å². The van der Waals surface area contributed by atoms with Gasteiger partial charge < -0.3 is 10.7 Å². The molecule has 0 atom stereocenters. The summed E-state index contributed by atoms with van der Waals surface area (Å²) in [5.74, 6) is 0. The Morgan fingerprint density at radius 2 is 1.86 bits per heavy atom. The molecule has 0 saturated heterocycles. The van der Waals surface area contributed by atoms with Gasteiger partial charge in [-0.2, -0.15) is 0 Å². The van der Waals surface area contributed by atoms with Gasteiger partial charge >= 0.3 is 0 Å². The largest absolute Gasteiger partial charge is 0.398 e. The normalized spacial score (nSPS) is 11.0. The number of anilines is 1. The summed E-state index contributed by atoms with van der Waals surface area (Å²) < 4.78 is 0. The van der Waals surface area contributed by atoms with Crippen LogP contribution in [0.2, 0.25) is 0 Å². The summed E-state index contributed by atoms with van der Waals surface area (Å²) >= 11 is 1.36. The van der Waals surface area contributed by atoms with Gasteiger partial charge in [0.15, 0.2) is 5.16 Å². The molecule has 0 unspecified atom stereocenters. The number of fused-ring (bicyclic) bond motifs is 1. The Balaban J connectivity index is 2.08. The lowest BCUT2D eigenvalue weighted by molar-refractivity contribution is 0.902. The second kappa shape index (κ2) is 5.17. The highest BCUT2D eigenvalue weighted by Crippen LogP contribution is 2.32. The molecule has 0 amide bonds. The minimum absolute atomic E-state index is 0.203. The molecule has 0 saturated carbocycles. The maximum Gasteiger partial charge on any atom is 0.258 e. The van der Waals surface area contributed by atoms with Gasteiger partial charge in [0.2, 0.25) is 0 Å². The lowest BCUT2D eigenvalue weighted by atomic mass is 10.2. The molecule has 0 aliphatic heterocycles. The van der Waals surface area contributed by atoms with Crippen LogP contribution in [0.4, 0.5) is 5.69 Å². The number of benzene rings is 1. The van der Waals surface area contributed by atoms with Crippen molar-refractivity contribution in [2.24, 2.45) is 0 Å². The second-order valence-electron chi connectivity index (χ2n) is 4.67. The Morgan fingerprint density at radius 3 is 2.57 bits per heavy atom. The molecule has 6 nitrogen and oxygen atoms in total. The number of aromatic nitrogens is 4. The van der Waals surface area contributed by atoms with Gasteiger partial charge in [0, 0.05) is 22.0 Å². The van der Waals surface area contributed by atoms with Crippen molar-refractivity contribution in [3.63, 3.8) is 0 Å². The predicted molar refractivity (Wildman–Crippen MR) is 82.4 cm³/mol. The minimum Gasteiger partial charge on any atom is -0.398 e. The fourth-order valence-electron chi connectivity index (χ4n) is 2.04. The Labute approximate surface area is 124 Å². The number of aryl methyl sites for hydroxylation is 2. The first-order valence-electron chi connectivity index (χ1n) is 6.30. The van der Waals surface area contributed by atoms with E-state index in [4.69, 9.17) is 5.73 Å². The zero-order valence-electron chi connectivity index (χ0n) is 11.5. The van der Waals surface area contributed by atoms with E-state index in [1.165, 1.54) is 18.1 Å². The molecular formula is C14H13N5OS. The maximum atomic E-state index is 11.7. The molecule has 2 aromatic heterocycles. The zero-order valence-corrected chi connectivity index (χ0v) is 12.4. The number of nitrogens with two attached hydrogens (primary N) is 1. The molecule has 7 heteroatoms. The van der Waals surface area contributed by atoms with Gasteiger partial charge in [-0.3, -0.25) is 4.79 Å². The van der Waals surface area contributed by atoms with Crippen molar-refractivity contribution >= 4 is 28.4 Å². The van der Waals surface area contributed by atoms with Crippen LogP contribution in [-0.4, -0.2) is 19.9 Å². The number of hydrogen-bond acceptors (Lipinski definition) is 6. The molecule has 21 heavy (non-hydrogen) atoms. The predicted octanol–water partition coefficient (Wildman–Crippen LogP) is 2.06. The Bertz CT molecular complexity index is 870. The van der Waals surface area contributed by atoms with Gasteiger partial charge in [-0.1, -0.05) is 0 Å². The summed E-state index contributed by atoms with van der Waals surface area (Å²) in [7, 11) is 0. The van der Waals surface area contributed by atoms with Crippen molar-refractivity contribution in [2.45, 2.75) is 23.9 Å². The standard InChI is InChI=1S/C14H13N5OS/c1-7-3-8(2)19-14(18-7)21-12-5-11-9(4-10(12)15)13(20)17-6-16-11/h3-6H,15H2,1-2H3,(H,16,17,20). The van der Waals surface area contributed by atoms with Gasteiger partial charge in [0.1, 0.15) is 0 Å². The fraction of sp³-hybridized carbons (Fsp3) is 0.143. The number of rotatable bonds is 2. The van der Waals surface area contributed by atoms with E-state index in [-0.39, 0.29) is 5.56 Å². The van der Waals surface area contributed by atoms with Crippen molar-refractivity contribution in [3.05, 3.63) is 46.3 Å². The first-order valence-corrected chi connectivity index (χ1v) is 7.11. The highest BCUT2D eigenvalue weighted by Gasteiger charge is 2.09. The van der Waals surface area contributed by atoms with Crippen molar-refractivity contribution in [1.29, 1.82) is 0 Å². The SMILES string of the molecule is Cc1cc(C)nc(Sc2cc3nc[nH]c(=O)c3cc2N)n1. The Kier molecular flexibility index (Phi) is 3.34. The Hall–Kier alpha value is -2.41. The van der Waals surface area contributed by atoms with Gasteiger partial charge in [-0.25, -0.2) is 15.0 Å². The monoisotopic (exact) mass is 299 g/mol. The van der Waals surface area contributed by atoms with Crippen LogP contribution in [0, 0.1) is 13.8 Å². The molecule has 3 N–H and O–H groups in total. The van der Waals surface area contributed by atoms with Gasteiger partial charge in [-0.05, 0) is 43.8 Å². The number of H-pyrrole nitrogens is 1. The molecule has 0 fully saturated rings. The molecule has 0 aliphatic carbocycles. The lowest BCUT2D eigenvalue weighted by Crippen LogP contribution is -2.07. The molecule has 0 radical (unpaired) electrons. The van der Waals surface area contributed by atoms with Crippen LogP contribution in [0.15, 0.2) is 39.4 Å². The van der Waals surface area contributed by atoms with E-state index in [1.807, 2.05) is 19.9 Å². The van der Waals surface area contributed by atoms with Gasteiger partial charge in [0.05, 0.1) is 17.2 Å². The van der Waals surface area contributed by atoms with Crippen LogP contribution in [0.3, 0.4) is 0 Å². The molecule has 106 valence electrons. The third-order valence-corrected chi connectivity index (χ3v) is 3.87. The third kappa shape index (κ3) is 2.73. The summed E-state index contributed by atoms with van der Waals surface area (Å²) in [5, 5.41) is 1.10. The fourth-order valence-corrected chi connectivity index (χ4v) is 2.96. The summed E-state index contributed by atoms with van der Waals surface area (Å²) in [6.45, 7) is 3.84. The quantitative estimate of drug-likeness (QED) is 0.555. The molecular weight excluding hydrogens is 286 g/mol. The highest BCUT2D eigenvalue weighted by molar-refractivity contribution is 7.99. The minimum atomic E-state index is -0.203. The van der Waals surface area contributed by atoms with Crippen LogP contribution in [-0.2, 0) is 0 Å². The molecule has 3 rings (SSSR count). The average molecular weight is 299 g/mol. The number of aromatic amines is 1. The summed E-state index contributed by atoms with van der Waals surface area (Å²) in [5.41, 5.74) is 8.73. The average Bonchev–Trinajstić information content (AvgIpc) is 2.40. The first-order chi connectivity index (χ1) is 10.0. The van der Waals surface area contributed by atoms with Crippen LogP contribution in [0.5, 0.6) is 0 Å². The molecule has 0 aliphatic rings. The van der Waals surface area contributed by atoms with Gasteiger partial charge in [0.25, 0.3) is 5.56 Å². The molecule has 0 bridgehead atoms. The summed E-state index contributed by atoms with van der Waals surface area (Å²) in [6.07, 6.45) is 1.38. The third-order valence-electron chi connectivity index (χ3n) is 2.94. The van der Waals surface area contributed by atoms with E-state index in [0.29, 0.717) is 21.7 Å². The smallest absolute Gasteiger partial charge is 0.258 e. The van der Waals surface area contributed by atoms with Crippen LogP contribution >= 0.6 is 11.8 Å². The topological polar surface area (TPSA) is 97.5 Å². The van der Waals surface area contributed by atoms with E-state index in [9.17, 15) is 4.79 Å². The lowest BCUT2D eigenvalue weighted by Gasteiger charge is -2.07. The van der Waals surface area contributed by atoms with Crippen molar-refractivity contribution < 1.29 is 0 Å². The first kappa shape index (κ1) is 13.6. The summed E-state index contributed by atoms with van der Waals surface area (Å²) in [4.78, 5) is 27.9. The van der Waals surface area contributed by atoms with Crippen molar-refractivity contribution in [2.75, 3.05) is 5.73 Å². The van der Waals surface area contributed by atoms with Crippen LogP contribution in [0.1, 0.15) is 11.4 Å². The molecule has 0 spiro atoms. The molecule has 2 heterocycles. The van der Waals surface area contributed by atoms with E-state index in [0.717, 1.165) is 16.3 Å². The van der Waals surface area contributed by atoms with E-state index >= 15 is 0 Å². The van der Waals surface area contributed by atoms with Crippen molar-refractivity contribution in [3.8, 4) is 0 Å². The summed E-state index contributed by atoms with van der Waals surface area (Å²) in [6, 6.07) is 5.33. The van der Waals surface area contributed by atoms with Crippen LogP contribution < -0.4 is 11.3 Å². The van der Waals surface area contributed by atoms with Gasteiger partial charge in [-0.15, -0.1) is 0 Å². The number of nitrogen functional groups attached to an aromatic ring is 1. The van der Waals surface area contributed by atoms with E-state index < -0.39 is 0 Å². The maximum absolute atomic E-state index is 11.7. The Morgan fingerprint density at radius 1 is 1.14 bits per heavy atom. The second-order valence-corrected chi connectivity index (χ2v) is 5.68. The van der Waals surface area contributed by atoms with E-state index in [1.54, 1.807) is 12.1 Å². The van der Waals surface area contributed by atoms with Crippen LogP contribution in [0.25, 0.3) is 10.9 Å². The number of hydrogen-bond donors (Lipinski definition) is 2.